The molecule has 0 aromatic heterocycles. The molecule has 35 heavy (non-hydrogen) atoms. The van der Waals surface area contributed by atoms with E-state index in [0.29, 0.717) is 90.6 Å². The second kappa shape index (κ2) is 21.7. The molecule has 2 N–H and O–H groups in total. The molecule has 1 saturated heterocycles. The Morgan fingerprint density at radius 2 is 1.17 bits per heavy atom. The lowest BCUT2D eigenvalue weighted by Gasteiger charge is -2.17. The van der Waals surface area contributed by atoms with E-state index in [2.05, 4.69) is 50.6 Å². The number of nitrogens with one attached hydrogen (secondary N) is 2. The average molecular weight is 508 g/mol. The van der Waals surface area contributed by atoms with Gasteiger partial charge < -0.3 is 33.2 Å². The van der Waals surface area contributed by atoms with Crippen LogP contribution in [0.2, 0.25) is 0 Å². The lowest BCUT2D eigenvalue weighted by molar-refractivity contribution is -0.00618. The summed E-state index contributed by atoms with van der Waals surface area (Å²) in [4.78, 5) is 0. The third-order valence-corrected chi connectivity index (χ3v) is 5.00. The van der Waals surface area contributed by atoms with Crippen LogP contribution in [0.15, 0.2) is 0 Å². The van der Waals surface area contributed by atoms with Crippen molar-refractivity contribution in [3.05, 3.63) is 0 Å². The van der Waals surface area contributed by atoms with Gasteiger partial charge in [-0.1, -0.05) is 34.6 Å². The van der Waals surface area contributed by atoms with Crippen molar-refractivity contribution in [3.8, 4) is 0 Å². The Labute approximate surface area is 213 Å². The molecule has 1 aliphatic heterocycles. The molecule has 10 nitrogen and oxygen atoms in total. The first-order valence-corrected chi connectivity index (χ1v) is 13.2. The maximum Gasteiger partial charge on any atom is 0.0701 e. The summed E-state index contributed by atoms with van der Waals surface area (Å²) in [6.07, 6.45) is 1.06. The van der Waals surface area contributed by atoms with Crippen LogP contribution in [0, 0.1) is 11.3 Å². The topological polar surface area (TPSA) is 91.9 Å². The van der Waals surface area contributed by atoms with E-state index in [1.54, 1.807) is 0 Å². The third kappa shape index (κ3) is 22.5. The highest BCUT2D eigenvalue weighted by Gasteiger charge is 2.21. The number of hydrazine groups is 2. The van der Waals surface area contributed by atoms with Gasteiger partial charge in [0.25, 0.3) is 0 Å². The molecule has 0 aromatic rings. The van der Waals surface area contributed by atoms with E-state index in [1.165, 1.54) is 0 Å². The Morgan fingerprint density at radius 1 is 0.686 bits per heavy atom. The van der Waals surface area contributed by atoms with Crippen LogP contribution in [0.4, 0.5) is 0 Å². The van der Waals surface area contributed by atoms with Crippen LogP contribution in [0.25, 0.3) is 0 Å². The van der Waals surface area contributed by atoms with Gasteiger partial charge in [0.2, 0.25) is 0 Å². The Morgan fingerprint density at radius 3 is 1.71 bits per heavy atom. The molecule has 1 rings (SSSR count). The van der Waals surface area contributed by atoms with Gasteiger partial charge in [0.05, 0.1) is 85.3 Å². The zero-order valence-electron chi connectivity index (χ0n) is 23.0. The molecule has 0 aliphatic carbocycles. The van der Waals surface area contributed by atoms with Gasteiger partial charge in [-0.2, -0.15) is 5.53 Å². The Hall–Kier alpha value is -0.400. The van der Waals surface area contributed by atoms with Gasteiger partial charge in [0.1, 0.15) is 0 Å². The molecule has 0 aromatic carbocycles. The monoisotopic (exact) mass is 507 g/mol. The van der Waals surface area contributed by atoms with Crippen LogP contribution >= 0.6 is 0 Å². The van der Waals surface area contributed by atoms with Crippen molar-refractivity contribution in [3.63, 3.8) is 0 Å². The number of ether oxygens (including phenoxy) is 7. The fourth-order valence-corrected chi connectivity index (χ4v) is 2.98. The maximum atomic E-state index is 5.70. The lowest BCUT2D eigenvalue weighted by atomic mass is 9.93. The Balaban J connectivity index is 1.78. The maximum absolute atomic E-state index is 5.70. The molecule has 1 heterocycles. The first-order chi connectivity index (χ1) is 16.9. The van der Waals surface area contributed by atoms with Crippen molar-refractivity contribution in [1.82, 2.24) is 16.0 Å². The van der Waals surface area contributed by atoms with Gasteiger partial charge >= 0.3 is 0 Å². The summed E-state index contributed by atoms with van der Waals surface area (Å²) < 4.78 is 38.9. The Bertz CT molecular complexity index is 467. The largest absolute Gasteiger partial charge is 0.379 e. The van der Waals surface area contributed by atoms with Crippen molar-refractivity contribution in [2.75, 3.05) is 106 Å². The van der Waals surface area contributed by atoms with Gasteiger partial charge in [-0.15, -0.1) is 0 Å². The van der Waals surface area contributed by atoms with Crippen molar-refractivity contribution >= 4 is 0 Å². The molecular weight excluding hydrogens is 454 g/mol. The summed E-state index contributed by atoms with van der Waals surface area (Å²) in [5.41, 5.74) is 6.70. The highest BCUT2D eigenvalue weighted by Crippen LogP contribution is 2.17. The number of rotatable bonds is 24. The van der Waals surface area contributed by atoms with E-state index in [-0.39, 0.29) is 6.04 Å². The zero-order chi connectivity index (χ0) is 25.6. The molecule has 0 radical (unpaired) electrons. The first kappa shape index (κ1) is 32.6. The van der Waals surface area contributed by atoms with Crippen molar-refractivity contribution in [1.29, 1.82) is 0 Å². The molecule has 0 saturated carbocycles. The Kier molecular flexibility index (Phi) is 20.2. The van der Waals surface area contributed by atoms with Crippen LogP contribution in [0.5, 0.6) is 0 Å². The first-order valence-electron chi connectivity index (χ1n) is 13.2. The molecule has 1 fully saturated rings. The number of hydrogen-bond acceptors (Lipinski definition) is 10. The molecule has 0 amide bonds. The fraction of sp³-hybridized carbons (Fsp3) is 1.00. The average Bonchev–Trinajstić information content (AvgIpc) is 3.25. The summed E-state index contributed by atoms with van der Waals surface area (Å²) in [6, 6.07) is 0.241. The van der Waals surface area contributed by atoms with E-state index in [1.807, 2.05) is 0 Å². The minimum atomic E-state index is 0.241. The van der Waals surface area contributed by atoms with E-state index in [9.17, 15) is 0 Å². The minimum Gasteiger partial charge on any atom is -0.379 e. The smallest absolute Gasteiger partial charge is 0.0701 e. The molecule has 0 bridgehead atoms. The second-order valence-electron chi connectivity index (χ2n) is 10.3. The molecule has 10 heteroatoms. The third-order valence-electron chi connectivity index (χ3n) is 5.00. The molecule has 1 unspecified atom stereocenters. The van der Waals surface area contributed by atoms with Crippen molar-refractivity contribution in [2.24, 2.45) is 11.3 Å². The molecule has 1 aliphatic rings. The zero-order valence-corrected chi connectivity index (χ0v) is 23.0. The summed E-state index contributed by atoms with van der Waals surface area (Å²) in [5, 5.41) is 2.09. The summed E-state index contributed by atoms with van der Waals surface area (Å²) in [7, 11) is 0. The summed E-state index contributed by atoms with van der Waals surface area (Å²) in [6.45, 7) is 21.4. The number of nitrogens with zero attached hydrogens (tertiary/aromatic N) is 1. The van der Waals surface area contributed by atoms with Crippen LogP contribution in [0.3, 0.4) is 0 Å². The fourth-order valence-electron chi connectivity index (χ4n) is 2.98. The van der Waals surface area contributed by atoms with Gasteiger partial charge in [-0.3, -0.25) is 0 Å². The van der Waals surface area contributed by atoms with Crippen LogP contribution in [-0.4, -0.2) is 117 Å². The predicted octanol–water partition coefficient (Wildman–Crippen LogP) is 1.89. The van der Waals surface area contributed by atoms with Crippen LogP contribution in [-0.2, 0) is 33.2 Å². The van der Waals surface area contributed by atoms with Gasteiger partial charge in [-0.05, 0) is 17.8 Å². The van der Waals surface area contributed by atoms with Crippen molar-refractivity contribution < 1.29 is 33.2 Å². The molecule has 0 spiro atoms. The van der Waals surface area contributed by atoms with Crippen LogP contribution < -0.4 is 11.0 Å². The standard InChI is InChI=1S/C25H53N3O7/c1-23(2)21-34-18-16-32-14-15-33-17-19-35-22-24-20-28(27-26-24)7-9-30-11-13-31-12-10-29-8-6-25(3,4)5/h23-24,26-27H,6-22H2,1-5H3. The van der Waals surface area contributed by atoms with Crippen LogP contribution in [0.1, 0.15) is 41.0 Å². The second-order valence-corrected chi connectivity index (χ2v) is 10.3. The normalized spacial score (nSPS) is 17.1. The van der Waals surface area contributed by atoms with Gasteiger partial charge in [0.15, 0.2) is 0 Å². The van der Waals surface area contributed by atoms with Crippen molar-refractivity contribution in [2.45, 2.75) is 47.1 Å². The highest BCUT2D eigenvalue weighted by molar-refractivity contribution is 4.73. The van der Waals surface area contributed by atoms with E-state index >= 15 is 0 Å². The number of hydrogen-bond donors (Lipinski definition) is 2. The van der Waals surface area contributed by atoms with Gasteiger partial charge in [0, 0.05) is 26.3 Å². The lowest BCUT2D eigenvalue weighted by Crippen LogP contribution is -2.39. The molecule has 210 valence electrons. The molecular formula is C25H53N3O7. The summed E-state index contributed by atoms with van der Waals surface area (Å²) >= 11 is 0. The summed E-state index contributed by atoms with van der Waals surface area (Å²) in [5.74, 6) is 0.556. The highest BCUT2D eigenvalue weighted by atomic mass is 16.6. The quantitative estimate of drug-likeness (QED) is 0.189. The van der Waals surface area contributed by atoms with E-state index in [4.69, 9.17) is 33.2 Å². The van der Waals surface area contributed by atoms with E-state index in [0.717, 1.165) is 32.7 Å². The van der Waals surface area contributed by atoms with E-state index < -0.39 is 0 Å². The van der Waals surface area contributed by atoms with Gasteiger partial charge in [-0.25, -0.2) is 10.4 Å². The minimum absolute atomic E-state index is 0.241. The molecule has 1 atom stereocenters. The SMILES string of the molecule is CC(C)COCCOCCOCCOCC1CN(CCOCCOCCOCCC(C)(C)C)NN1. The predicted molar refractivity (Wildman–Crippen MR) is 136 cm³/mol.